The zero-order chi connectivity index (χ0) is 23.5. The number of sulfonamides is 2. The van der Waals surface area contributed by atoms with E-state index in [-0.39, 0.29) is 9.79 Å². The van der Waals surface area contributed by atoms with Crippen LogP contribution in [-0.2, 0) is 31.3 Å². The second-order valence-electron chi connectivity index (χ2n) is 8.51. The van der Waals surface area contributed by atoms with Gasteiger partial charge < -0.3 is 4.74 Å². The molecule has 2 saturated heterocycles. The van der Waals surface area contributed by atoms with Crippen molar-refractivity contribution in [1.29, 1.82) is 0 Å². The summed E-state index contributed by atoms with van der Waals surface area (Å²) in [5.41, 5.74) is 2.43. The quantitative estimate of drug-likeness (QED) is 0.611. The van der Waals surface area contributed by atoms with Crippen molar-refractivity contribution in [2.75, 3.05) is 52.5 Å². The summed E-state index contributed by atoms with van der Waals surface area (Å²) < 4.78 is 60.2. The maximum atomic E-state index is 13.2. The third-order valence-electron chi connectivity index (χ3n) is 6.14. The molecule has 0 atom stereocenters. The molecule has 2 aliphatic rings. The molecule has 0 unspecified atom stereocenters. The highest BCUT2D eigenvalue weighted by Gasteiger charge is 2.29. The predicted molar refractivity (Wildman–Crippen MR) is 126 cm³/mol. The number of rotatable bonds is 6. The lowest BCUT2D eigenvalue weighted by Crippen LogP contribution is -2.40. The first-order chi connectivity index (χ1) is 15.8. The van der Waals surface area contributed by atoms with E-state index in [4.69, 9.17) is 4.74 Å². The van der Waals surface area contributed by atoms with Crippen LogP contribution in [0.5, 0.6) is 0 Å². The molecule has 2 heterocycles. The molecular formula is C23H31N3O5S2. The fraction of sp³-hybridized carbons (Fsp3) is 0.478. The van der Waals surface area contributed by atoms with Gasteiger partial charge in [0, 0.05) is 39.3 Å². The molecule has 33 heavy (non-hydrogen) atoms. The van der Waals surface area contributed by atoms with Gasteiger partial charge in [-0.3, -0.25) is 4.90 Å². The lowest BCUT2D eigenvalue weighted by atomic mass is 10.1. The van der Waals surface area contributed by atoms with Crippen LogP contribution >= 0.6 is 0 Å². The topological polar surface area (TPSA) is 87.2 Å². The first-order valence-electron chi connectivity index (χ1n) is 11.2. The summed E-state index contributed by atoms with van der Waals surface area (Å²) in [5.74, 6) is 0. The molecule has 0 N–H and O–H groups in total. The third-order valence-corrected chi connectivity index (χ3v) is 9.97. The highest BCUT2D eigenvalue weighted by atomic mass is 32.2. The fourth-order valence-electron chi connectivity index (χ4n) is 4.17. The van der Waals surface area contributed by atoms with Crippen molar-refractivity contribution in [1.82, 2.24) is 13.5 Å². The van der Waals surface area contributed by atoms with Crippen LogP contribution in [0.2, 0.25) is 0 Å². The predicted octanol–water partition coefficient (Wildman–Crippen LogP) is 1.91. The Labute approximate surface area is 196 Å². The van der Waals surface area contributed by atoms with Crippen LogP contribution in [0, 0.1) is 6.92 Å². The Balaban J connectivity index is 1.42. The molecule has 0 aliphatic carbocycles. The first-order valence-corrected chi connectivity index (χ1v) is 14.1. The van der Waals surface area contributed by atoms with Gasteiger partial charge in [-0.2, -0.15) is 8.61 Å². The Hall–Kier alpha value is -1.82. The summed E-state index contributed by atoms with van der Waals surface area (Å²) in [4.78, 5) is 2.50. The largest absolute Gasteiger partial charge is 0.379 e. The number of ether oxygens (including phenoxy) is 1. The molecule has 2 aromatic rings. The summed E-state index contributed by atoms with van der Waals surface area (Å²) in [6.07, 6.45) is 0.745. The van der Waals surface area contributed by atoms with Crippen molar-refractivity contribution in [2.45, 2.75) is 29.7 Å². The lowest BCUT2D eigenvalue weighted by molar-refractivity contribution is 0.0730. The second kappa shape index (κ2) is 10.2. The van der Waals surface area contributed by atoms with Gasteiger partial charge >= 0.3 is 0 Å². The maximum Gasteiger partial charge on any atom is 0.243 e. The Kier molecular flexibility index (Phi) is 7.52. The van der Waals surface area contributed by atoms with Crippen molar-refractivity contribution in [3.05, 3.63) is 59.7 Å². The summed E-state index contributed by atoms with van der Waals surface area (Å²) >= 11 is 0. The van der Waals surface area contributed by atoms with Crippen molar-refractivity contribution in [2.24, 2.45) is 0 Å². The molecule has 0 amide bonds. The van der Waals surface area contributed by atoms with Crippen molar-refractivity contribution in [3.63, 3.8) is 0 Å². The van der Waals surface area contributed by atoms with Gasteiger partial charge in [0.2, 0.25) is 20.0 Å². The van der Waals surface area contributed by atoms with Crippen LogP contribution in [0.1, 0.15) is 17.5 Å². The molecule has 2 aliphatic heterocycles. The highest BCUT2D eigenvalue weighted by molar-refractivity contribution is 7.89. The molecule has 8 nitrogen and oxygen atoms in total. The number of benzene rings is 2. The van der Waals surface area contributed by atoms with E-state index in [1.54, 1.807) is 0 Å². The van der Waals surface area contributed by atoms with E-state index in [2.05, 4.69) is 36.1 Å². The highest BCUT2D eigenvalue weighted by Crippen LogP contribution is 2.23. The van der Waals surface area contributed by atoms with Crippen molar-refractivity contribution in [3.8, 4) is 0 Å². The van der Waals surface area contributed by atoms with E-state index < -0.39 is 20.0 Å². The van der Waals surface area contributed by atoms with Gasteiger partial charge in [0.25, 0.3) is 0 Å². The molecule has 4 rings (SSSR count). The Morgan fingerprint density at radius 1 is 0.697 bits per heavy atom. The van der Waals surface area contributed by atoms with E-state index >= 15 is 0 Å². The monoisotopic (exact) mass is 493 g/mol. The van der Waals surface area contributed by atoms with Crippen LogP contribution in [0.15, 0.2) is 58.3 Å². The molecule has 0 bridgehead atoms. The van der Waals surface area contributed by atoms with Crippen LogP contribution in [0.3, 0.4) is 0 Å². The second-order valence-corrected chi connectivity index (χ2v) is 12.4. The van der Waals surface area contributed by atoms with Crippen LogP contribution in [0.25, 0.3) is 0 Å². The van der Waals surface area contributed by atoms with E-state index in [1.807, 2.05) is 0 Å². The van der Waals surface area contributed by atoms with E-state index in [1.165, 1.54) is 44.0 Å². The molecule has 10 heteroatoms. The number of nitrogens with zero attached hydrogens (tertiary/aromatic N) is 3. The van der Waals surface area contributed by atoms with Crippen LogP contribution in [-0.4, -0.2) is 82.8 Å². The molecule has 0 saturated carbocycles. The minimum absolute atomic E-state index is 0.100. The standard InChI is InChI=1S/C23H31N3O5S2/c1-20-3-5-21(6-4-20)19-24-11-2-12-25(14-13-24)32(27,28)22-7-9-23(10-8-22)33(29,30)26-15-17-31-18-16-26/h3-10H,2,11-19H2,1H3. The van der Waals surface area contributed by atoms with Gasteiger partial charge in [-0.1, -0.05) is 29.8 Å². The minimum atomic E-state index is -3.70. The van der Waals surface area contributed by atoms with E-state index in [0.717, 1.165) is 19.5 Å². The lowest BCUT2D eigenvalue weighted by Gasteiger charge is -2.26. The molecule has 2 fully saturated rings. The average Bonchev–Trinajstić information content (AvgIpc) is 3.07. The SMILES string of the molecule is Cc1ccc(CN2CCCN(S(=O)(=O)c3ccc(S(=O)(=O)N4CCOCC4)cc3)CC2)cc1. The Morgan fingerprint density at radius 3 is 1.82 bits per heavy atom. The van der Waals surface area contributed by atoms with Gasteiger partial charge in [-0.05, 0) is 49.7 Å². The average molecular weight is 494 g/mol. The third kappa shape index (κ3) is 5.64. The minimum Gasteiger partial charge on any atom is -0.379 e. The molecule has 180 valence electrons. The number of morpholine rings is 1. The number of hydrogen-bond donors (Lipinski definition) is 0. The molecule has 0 spiro atoms. The van der Waals surface area contributed by atoms with Crippen LogP contribution in [0.4, 0.5) is 0 Å². The summed E-state index contributed by atoms with van der Waals surface area (Å²) in [6.45, 7) is 6.51. The van der Waals surface area contributed by atoms with Gasteiger partial charge in [-0.15, -0.1) is 0 Å². The van der Waals surface area contributed by atoms with Crippen LogP contribution < -0.4 is 0 Å². The zero-order valence-electron chi connectivity index (χ0n) is 18.9. The van der Waals surface area contributed by atoms with E-state index in [0.29, 0.717) is 45.9 Å². The van der Waals surface area contributed by atoms with Crippen molar-refractivity contribution >= 4 is 20.0 Å². The first kappa shape index (κ1) is 24.3. The summed E-state index contributed by atoms with van der Waals surface area (Å²) in [7, 11) is -7.35. The molecule has 0 radical (unpaired) electrons. The maximum absolute atomic E-state index is 13.2. The zero-order valence-corrected chi connectivity index (χ0v) is 20.5. The Morgan fingerprint density at radius 2 is 1.24 bits per heavy atom. The van der Waals surface area contributed by atoms with Gasteiger partial charge in [-0.25, -0.2) is 16.8 Å². The van der Waals surface area contributed by atoms with E-state index in [9.17, 15) is 16.8 Å². The number of hydrogen-bond acceptors (Lipinski definition) is 6. The Bertz CT molecular complexity index is 1140. The van der Waals surface area contributed by atoms with Gasteiger partial charge in [0.15, 0.2) is 0 Å². The summed E-state index contributed by atoms with van der Waals surface area (Å²) in [6, 6.07) is 14.0. The summed E-state index contributed by atoms with van der Waals surface area (Å²) in [5, 5.41) is 0. The fourth-order valence-corrected chi connectivity index (χ4v) is 7.04. The molecular weight excluding hydrogens is 462 g/mol. The van der Waals surface area contributed by atoms with Gasteiger partial charge in [0.05, 0.1) is 23.0 Å². The number of aryl methyl sites for hydroxylation is 1. The normalized spacial score (nSPS) is 19.9. The van der Waals surface area contributed by atoms with Gasteiger partial charge in [0.1, 0.15) is 0 Å². The smallest absolute Gasteiger partial charge is 0.243 e. The molecule has 2 aromatic carbocycles. The molecule has 0 aromatic heterocycles. The van der Waals surface area contributed by atoms with Crippen molar-refractivity contribution < 1.29 is 21.6 Å².